The lowest BCUT2D eigenvalue weighted by Crippen LogP contribution is -1.99. The Hall–Kier alpha value is -2.10. The van der Waals surface area contributed by atoms with Crippen molar-refractivity contribution >= 4 is 6.29 Å². The lowest BCUT2D eigenvalue weighted by atomic mass is 10.2. The summed E-state index contributed by atoms with van der Waals surface area (Å²) in [5.41, 5.74) is 1.50. The van der Waals surface area contributed by atoms with Gasteiger partial charge in [0.2, 0.25) is 0 Å². The van der Waals surface area contributed by atoms with Crippen molar-refractivity contribution in [3.8, 4) is 5.75 Å². The molecule has 0 saturated heterocycles. The molecular formula is C12H12N2O2. The molecule has 0 amide bonds. The SMILES string of the molecule is COc1ccccc1Cn1cnc(C=O)c1. The van der Waals surface area contributed by atoms with Gasteiger partial charge in [-0.05, 0) is 6.07 Å². The van der Waals surface area contributed by atoms with Crippen LogP contribution in [0.3, 0.4) is 0 Å². The molecule has 0 aliphatic carbocycles. The van der Waals surface area contributed by atoms with Crippen molar-refractivity contribution in [1.82, 2.24) is 9.55 Å². The lowest BCUT2D eigenvalue weighted by Gasteiger charge is -2.08. The summed E-state index contributed by atoms with van der Waals surface area (Å²) >= 11 is 0. The maximum absolute atomic E-state index is 10.5. The summed E-state index contributed by atoms with van der Waals surface area (Å²) in [5, 5.41) is 0. The normalized spacial score (nSPS) is 10.1. The van der Waals surface area contributed by atoms with Gasteiger partial charge in [-0.1, -0.05) is 18.2 Å². The Labute approximate surface area is 93.5 Å². The fraction of sp³-hybridized carbons (Fsp3) is 0.167. The van der Waals surface area contributed by atoms with Crippen LogP contribution in [-0.4, -0.2) is 22.9 Å². The highest BCUT2D eigenvalue weighted by atomic mass is 16.5. The molecule has 0 N–H and O–H groups in total. The molecule has 2 aromatic rings. The molecule has 0 atom stereocenters. The molecule has 1 aromatic heterocycles. The number of carbonyl (C=O) groups excluding carboxylic acids is 1. The maximum Gasteiger partial charge on any atom is 0.169 e. The highest BCUT2D eigenvalue weighted by molar-refractivity contribution is 5.70. The molecule has 4 nitrogen and oxygen atoms in total. The van der Waals surface area contributed by atoms with Crippen molar-refractivity contribution < 1.29 is 9.53 Å². The monoisotopic (exact) mass is 216 g/mol. The quantitative estimate of drug-likeness (QED) is 0.731. The van der Waals surface area contributed by atoms with E-state index in [2.05, 4.69) is 4.98 Å². The van der Waals surface area contributed by atoms with Crippen molar-refractivity contribution in [3.63, 3.8) is 0 Å². The van der Waals surface area contributed by atoms with Crippen LogP contribution >= 0.6 is 0 Å². The first-order valence-corrected chi connectivity index (χ1v) is 4.92. The molecule has 16 heavy (non-hydrogen) atoms. The van der Waals surface area contributed by atoms with E-state index in [-0.39, 0.29) is 0 Å². The Morgan fingerprint density at radius 2 is 2.25 bits per heavy atom. The van der Waals surface area contributed by atoms with Crippen LogP contribution in [0, 0.1) is 0 Å². The molecule has 0 saturated carbocycles. The first-order valence-electron chi connectivity index (χ1n) is 4.92. The van der Waals surface area contributed by atoms with Gasteiger partial charge >= 0.3 is 0 Å². The first-order chi connectivity index (χ1) is 7.83. The largest absolute Gasteiger partial charge is 0.496 e. The second kappa shape index (κ2) is 4.61. The Morgan fingerprint density at radius 1 is 1.44 bits per heavy atom. The van der Waals surface area contributed by atoms with Gasteiger partial charge in [0.1, 0.15) is 11.4 Å². The van der Waals surface area contributed by atoms with E-state index in [1.807, 2.05) is 28.8 Å². The number of aldehydes is 1. The van der Waals surface area contributed by atoms with Gasteiger partial charge < -0.3 is 9.30 Å². The molecule has 82 valence electrons. The average Bonchev–Trinajstić information content (AvgIpc) is 2.77. The van der Waals surface area contributed by atoms with E-state index in [4.69, 9.17) is 4.74 Å². The molecular weight excluding hydrogens is 204 g/mol. The molecule has 0 aliphatic rings. The maximum atomic E-state index is 10.5. The van der Waals surface area contributed by atoms with Gasteiger partial charge in [-0.3, -0.25) is 4.79 Å². The van der Waals surface area contributed by atoms with Gasteiger partial charge in [-0.25, -0.2) is 4.98 Å². The fourth-order valence-corrected chi connectivity index (χ4v) is 1.56. The summed E-state index contributed by atoms with van der Waals surface area (Å²) in [6.07, 6.45) is 4.08. The zero-order valence-electron chi connectivity index (χ0n) is 8.96. The number of methoxy groups -OCH3 is 1. The summed E-state index contributed by atoms with van der Waals surface area (Å²) in [5.74, 6) is 0.837. The topological polar surface area (TPSA) is 44.1 Å². The number of hydrogen-bond donors (Lipinski definition) is 0. The lowest BCUT2D eigenvalue weighted by molar-refractivity contribution is 0.111. The minimum Gasteiger partial charge on any atom is -0.496 e. The van der Waals surface area contributed by atoms with Crippen LogP contribution in [0.4, 0.5) is 0 Å². The van der Waals surface area contributed by atoms with E-state index in [1.165, 1.54) is 0 Å². The third-order valence-corrected chi connectivity index (χ3v) is 2.32. The predicted molar refractivity (Wildman–Crippen MR) is 59.7 cm³/mol. The van der Waals surface area contributed by atoms with Gasteiger partial charge in [0.15, 0.2) is 6.29 Å². The summed E-state index contributed by atoms with van der Waals surface area (Å²) in [6.45, 7) is 0.644. The number of imidazole rings is 1. The Bertz CT molecular complexity index is 491. The Kier molecular flexibility index (Phi) is 3.00. The molecule has 2 rings (SSSR count). The zero-order chi connectivity index (χ0) is 11.4. The van der Waals surface area contributed by atoms with Crippen LogP contribution < -0.4 is 4.74 Å². The van der Waals surface area contributed by atoms with Crippen LogP contribution in [-0.2, 0) is 6.54 Å². The van der Waals surface area contributed by atoms with Crippen LogP contribution in [0.1, 0.15) is 16.1 Å². The van der Waals surface area contributed by atoms with Crippen LogP contribution in [0.15, 0.2) is 36.8 Å². The number of benzene rings is 1. The van der Waals surface area contributed by atoms with Crippen LogP contribution in [0.25, 0.3) is 0 Å². The van der Waals surface area contributed by atoms with Gasteiger partial charge in [-0.2, -0.15) is 0 Å². The van der Waals surface area contributed by atoms with Crippen LogP contribution in [0.2, 0.25) is 0 Å². The molecule has 1 aromatic carbocycles. The van der Waals surface area contributed by atoms with Crippen molar-refractivity contribution in [2.45, 2.75) is 6.54 Å². The summed E-state index contributed by atoms with van der Waals surface area (Å²) in [6, 6.07) is 7.77. The Morgan fingerprint density at radius 3 is 2.94 bits per heavy atom. The summed E-state index contributed by atoms with van der Waals surface area (Å²) in [4.78, 5) is 14.4. The third kappa shape index (κ3) is 2.11. The van der Waals surface area contributed by atoms with Gasteiger partial charge in [0, 0.05) is 11.8 Å². The molecule has 0 fully saturated rings. The van der Waals surface area contributed by atoms with Gasteiger partial charge in [-0.15, -0.1) is 0 Å². The number of nitrogens with zero attached hydrogens (tertiary/aromatic N) is 2. The van der Waals surface area contributed by atoms with Gasteiger partial charge in [0.25, 0.3) is 0 Å². The van der Waals surface area contributed by atoms with E-state index in [0.29, 0.717) is 12.2 Å². The molecule has 0 aliphatic heterocycles. The Balaban J connectivity index is 2.22. The zero-order valence-corrected chi connectivity index (χ0v) is 8.96. The molecule has 0 bridgehead atoms. The highest BCUT2D eigenvalue weighted by Gasteiger charge is 2.03. The van der Waals surface area contributed by atoms with E-state index < -0.39 is 0 Å². The van der Waals surface area contributed by atoms with Crippen molar-refractivity contribution in [2.24, 2.45) is 0 Å². The van der Waals surface area contributed by atoms with E-state index in [1.54, 1.807) is 19.6 Å². The van der Waals surface area contributed by atoms with Crippen molar-refractivity contribution in [3.05, 3.63) is 48.0 Å². The second-order valence-corrected chi connectivity index (χ2v) is 3.40. The molecule has 1 heterocycles. The molecule has 0 radical (unpaired) electrons. The number of carbonyl (C=O) groups is 1. The average molecular weight is 216 g/mol. The van der Waals surface area contributed by atoms with Crippen molar-refractivity contribution in [2.75, 3.05) is 7.11 Å². The number of aromatic nitrogens is 2. The standard InChI is InChI=1S/C12H12N2O2/c1-16-12-5-3-2-4-10(12)6-14-7-11(8-15)13-9-14/h2-5,7-9H,6H2,1H3. The summed E-state index contributed by atoms with van der Waals surface area (Å²) < 4.78 is 7.10. The smallest absolute Gasteiger partial charge is 0.169 e. The number of hydrogen-bond acceptors (Lipinski definition) is 3. The number of para-hydroxylation sites is 1. The van der Waals surface area contributed by atoms with Crippen molar-refractivity contribution in [1.29, 1.82) is 0 Å². The molecule has 4 heteroatoms. The summed E-state index contributed by atoms with van der Waals surface area (Å²) in [7, 11) is 1.64. The molecule has 0 spiro atoms. The number of ether oxygens (including phenoxy) is 1. The van der Waals surface area contributed by atoms with Crippen LogP contribution in [0.5, 0.6) is 5.75 Å². The molecule has 0 unspecified atom stereocenters. The predicted octanol–water partition coefficient (Wildman–Crippen LogP) is 1.75. The second-order valence-electron chi connectivity index (χ2n) is 3.40. The fourth-order valence-electron chi connectivity index (χ4n) is 1.56. The number of rotatable bonds is 4. The van der Waals surface area contributed by atoms with E-state index in [0.717, 1.165) is 17.6 Å². The minimum absolute atomic E-state index is 0.440. The van der Waals surface area contributed by atoms with Gasteiger partial charge in [0.05, 0.1) is 20.0 Å². The van der Waals surface area contributed by atoms with E-state index in [9.17, 15) is 4.79 Å². The third-order valence-electron chi connectivity index (χ3n) is 2.32. The minimum atomic E-state index is 0.440. The first kappa shape index (κ1) is 10.4. The highest BCUT2D eigenvalue weighted by Crippen LogP contribution is 2.18. The van der Waals surface area contributed by atoms with E-state index >= 15 is 0 Å².